The number of nitrogens with one attached hydrogen (secondary N) is 1. The van der Waals surface area contributed by atoms with Crippen LogP contribution in [-0.4, -0.2) is 54.2 Å². The second-order valence-corrected chi connectivity index (χ2v) is 4.21. The van der Waals surface area contributed by atoms with Gasteiger partial charge >= 0.3 is 5.97 Å². The van der Waals surface area contributed by atoms with E-state index < -0.39 is 5.97 Å². The molecule has 6 nitrogen and oxygen atoms in total. The fourth-order valence-electron chi connectivity index (χ4n) is 1.82. The fourth-order valence-corrected chi connectivity index (χ4v) is 1.82. The van der Waals surface area contributed by atoms with Crippen molar-refractivity contribution >= 4 is 5.97 Å². The highest BCUT2D eigenvalue weighted by molar-refractivity contribution is 5.86. The van der Waals surface area contributed by atoms with Gasteiger partial charge in [0.1, 0.15) is 0 Å². The number of hydrogen-bond donors (Lipinski definition) is 2. The Bertz CT molecular complexity index is 383. The van der Waals surface area contributed by atoms with E-state index in [-0.39, 0.29) is 5.76 Å². The molecule has 2 rings (SSSR count). The summed E-state index contributed by atoms with van der Waals surface area (Å²) in [6.45, 7) is 4.41. The lowest BCUT2D eigenvalue weighted by molar-refractivity contribution is 0.0657. The highest BCUT2D eigenvalue weighted by Crippen LogP contribution is 2.10. The summed E-state index contributed by atoms with van der Waals surface area (Å²) in [5, 5.41) is 11.0. The molecule has 1 aliphatic heterocycles. The molecule has 0 spiro atoms. The maximum absolute atomic E-state index is 10.8. The number of furan rings is 1. The van der Waals surface area contributed by atoms with E-state index in [0.29, 0.717) is 12.1 Å². The number of likely N-dealkylation sites (N-methyl/N-ethyl adjacent to an activating group) is 1. The average Bonchev–Trinajstić information content (AvgIpc) is 2.76. The molecule has 0 amide bonds. The van der Waals surface area contributed by atoms with E-state index in [0.717, 1.165) is 26.2 Å². The number of hydrogen-bond acceptors (Lipinski definition) is 5. The third kappa shape index (κ3) is 3.06. The minimum atomic E-state index is -1.02. The van der Waals surface area contributed by atoms with Crippen LogP contribution in [0.3, 0.4) is 0 Å². The zero-order valence-corrected chi connectivity index (χ0v) is 9.85. The number of rotatable bonds is 4. The van der Waals surface area contributed by atoms with Crippen LogP contribution in [0.2, 0.25) is 0 Å². The Morgan fingerprint density at radius 3 is 2.82 bits per heavy atom. The van der Waals surface area contributed by atoms with Crippen LogP contribution >= 0.6 is 0 Å². The molecular weight excluding hydrogens is 222 g/mol. The van der Waals surface area contributed by atoms with Gasteiger partial charge in [-0.25, -0.2) is 9.80 Å². The quantitative estimate of drug-likeness (QED) is 0.784. The van der Waals surface area contributed by atoms with E-state index in [1.165, 1.54) is 6.26 Å². The molecule has 1 aromatic rings. The maximum atomic E-state index is 10.8. The Morgan fingerprint density at radius 1 is 1.47 bits per heavy atom. The molecule has 0 bridgehead atoms. The lowest BCUT2D eigenvalue weighted by atomic mass is 10.2. The second-order valence-electron chi connectivity index (χ2n) is 4.21. The molecule has 1 fully saturated rings. The Labute approximate surface area is 99.8 Å². The van der Waals surface area contributed by atoms with Crippen LogP contribution in [0.1, 0.15) is 16.1 Å². The summed E-state index contributed by atoms with van der Waals surface area (Å²) in [6.07, 6.45) is 1.41. The van der Waals surface area contributed by atoms with Gasteiger partial charge in [-0.05, 0) is 13.1 Å². The summed E-state index contributed by atoms with van der Waals surface area (Å²) >= 11 is 0. The zero-order chi connectivity index (χ0) is 12.3. The van der Waals surface area contributed by atoms with E-state index in [2.05, 4.69) is 22.4 Å². The number of nitrogens with zero attached hydrogens (tertiary/aromatic N) is 2. The summed E-state index contributed by atoms with van der Waals surface area (Å²) in [6, 6.07) is 1.69. The van der Waals surface area contributed by atoms with Crippen molar-refractivity contribution < 1.29 is 14.3 Å². The number of carboxylic acid groups (broad SMARTS) is 1. The minimum Gasteiger partial charge on any atom is -0.475 e. The summed E-state index contributed by atoms with van der Waals surface area (Å²) in [5.74, 6) is -1.00. The first kappa shape index (κ1) is 12.1. The normalized spacial score (nSPS) is 18.4. The maximum Gasteiger partial charge on any atom is 0.372 e. The van der Waals surface area contributed by atoms with E-state index >= 15 is 0 Å². The van der Waals surface area contributed by atoms with Gasteiger partial charge < -0.3 is 14.4 Å². The van der Waals surface area contributed by atoms with Gasteiger partial charge in [-0.15, -0.1) is 0 Å². The number of piperazine rings is 1. The van der Waals surface area contributed by atoms with Gasteiger partial charge in [0.15, 0.2) is 0 Å². The second kappa shape index (κ2) is 5.31. The van der Waals surface area contributed by atoms with Crippen molar-refractivity contribution in [1.82, 2.24) is 15.3 Å². The molecule has 0 aromatic carbocycles. The zero-order valence-electron chi connectivity index (χ0n) is 9.85. The van der Waals surface area contributed by atoms with Gasteiger partial charge in [-0.1, -0.05) is 0 Å². The first-order valence-electron chi connectivity index (χ1n) is 5.63. The van der Waals surface area contributed by atoms with E-state index in [4.69, 9.17) is 9.52 Å². The van der Waals surface area contributed by atoms with Crippen LogP contribution in [0, 0.1) is 0 Å². The first-order valence-corrected chi connectivity index (χ1v) is 5.63. The average molecular weight is 239 g/mol. The lowest BCUT2D eigenvalue weighted by Crippen LogP contribution is -2.50. The number of carbonyl (C=O) groups is 1. The van der Waals surface area contributed by atoms with Gasteiger partial charge in [-0.2, -0.15) is 0 Å². The van der Waals surface area contributed by atoms with Crippen LogP contribution in [0.4, 0.5) is 0 Å². The van der Waals surface area contributed by atoms with Crippen molar-refractivity contribution in [3.8, 4) is 0 Å². The van der Waals surface area contributed by atoms with Crippen molar-refractivity contribution in [1.29, 1.82) is 0 Å². The van der Waals surface area contributed by atoms with Crippen LogP contribution in [0.5, 0.6) is 0 Å². The van der Waals surface area contributed by atoms with E-state index in [1.54, 1.807) is 6.07 Å². The van der Waals surface area contributed by atoms with Crippen molar-refractivity contribution in [3.05, 3.63) is 23.7 Å². The minimum absolute atomic E-state index is 0.0200. The first-order chi connectivity index (χ1) is 8.16. The molecule has 6 heteroatoms. The number of aromatic carboxylic acids is 1. The molecule has 0 saturated carbocycles. The van der Waals surface area contributed by atoms with Crippen LogP contribution in [0.25, 0.3) is 0 Å². The van der Waals surface area contributed by atoms with Crippen molar-refractivity contribution in [3.63, 3.8) is 0 Å². The summed E-state index contributed by atoms with van der Waals surface area (Å²) in [7, 11) is 2.09. The summed E-state index contributed by atoms with van der Waals surface area (Å²) < 4.78 is 4.92. The Balaban J connectivity index is 1.85. The Kier molecular flexibility index (Phi) is 3.78. The summed E-state index contributed by atoms with van der Waals surface area (Å²) in [5.41, 5.74) is 3.90. The van der Waals surface area contributed by atoms with E-state index in [1.807, 2.05) is 0 Å². The summed E-state index contributed by atoms with van der Waals surface area (Å²) in [4.78, 5) is 13.1. The molecule has 0 aliphatic carbocycles. The molecule has 1 aliphatic rings. The number of carboxylic acids is 1. The molecule has 0 radical (unpaired) electrons. The van der Waals surface area contributed by atoms with Gasteiger partial charge in [0.05, 0.1) is 6.26 Å². The molecule has 0 unspecified atom stereocenters. The van der Waals surface area contributed by atoms with Crippen LogP contribution in [-0.2, 0) is 6.54 Å². The van der Waals surface area contributed by atoms with Gasteiger partial charge in [-0.3, -0.25) is 5.43 Å². The largest absolute Gasteiger partial charge is 0.475 e. The van der Waals surface area contributed by atoms with Crippen molar-refractivity contribution in [2.75, 3.05) is 33.2 Å². The molecule has 94 valence electrons. The molecule has 2 N–H and O–H groups in total. The molecule has 0 atom stereocenters. The van der Waals surface area contributed by atoms with Crippen LogP contribution in [0.15, 0.2) is 16.7 Å². The van der Waals surface area contributed by atoms with Crippen LogP contribution < -0.4 is 5.43 Å². The van der Waals surface area contributed by atoms with E-state index in [9.17, 15) is 4.79 Å². The molecule has 2 heterocycles. The third-order valence-corrected chi connectivity index (χ3v) is 2.94. The predicted octanol–water partition coefficient (Wildman–Crippen LogP) is 0.230. The monoisotopic (exact) mass is 239 g/mol. The SMILES string of the molecule is CN1CCN(NCc2ccoc2C(=O)O)CC1. The molecule has 1 aromatic heterocycles. The Hall–Kier alpha value is -1.37. The smallest absolute Gasteiger partial charge is 0.372 e. The van der Waals surface area contributed by atoms with Gasteiger partial charge in [0.2, 0.25) is 5.76 Å². The highest BCUT2D eigenvalue weighted by atomic mass is 16.4. The molecule has 17 heavy (non-hydrogen) atoms. The highest BCUT2D eigenvalue weighted by Gasteiger charge is 2.16. The van der Waals surface area contributed by atoms with Crippen molar-refractivity contribution in [2.45, 2.75) is 6.54 Å². The van der Waals surface area contributed by atoms with Gasteiger partial charge in [0, 0.05) is 38.3 Å². The topological polar surface area (TPSA) is 69.0 Å². The fraction of sp³-hybridized carbons (Fsp3) is 0.545. The third-order valence-electron chi connectivity index (χ3n) is 2.94. The molecular formula is C11H17N3O3. The van der Waals surface area contributed by atoms with Crippen molar-refractivity contribution in [2.24, 2.45) is 0 Å². The number of hydrazine groups is 1. The molecule has 1 saturated heterocycles. The Morgan fingerprint density at radius 2 is 2.18 bits per heavy atom. The standard InChI is InChI=1S/C11H17N3O3/c1-13-3-5-14(6-4-13)12-8-9-2-7-17-10(9)11(15)16/h2,7,12H,3-6,8H2,1H3,(H,15,16). The predicted molar refractivity (Wildman–Crippen MR) is 61.6 cm³/mol. The van der Waals surface area contributed by atoms with Gasteiger partial charge in [0.25, 0.3) is 0 Å². The lowest BCUT2D eigenvalue weighted by Gasteiger charge is -2.32.